The van der Waals surface area contributed by atoms with E-state index in [-0.39, 0.29) is 145 Å². The summed E-state index contributed by atoms with van der Waals surface area (Å²) in [6.45, 7) is 25.7. The van der Waals surface area contributed by atoms with E-state index in [1.54, 1.807) is 30.9 Å². The summed E-state index contributed by atoms with van der Waals surface area (Å²) in [5.41, 5.74) is 0.695. The third kappa shape index (κ3) is 46.4. The number of nitrogens with zero attached hydrogens (tertiary/aromatic N) is 3. The van der Waals surface area contributed by atoms with Gasteiger partial charge in [-0.1, -0.05) is 106 Å². The number of nitrogens with one attached hydrogen (secondary N) is 9. The topological polar surface area (TPSA) is 443 Å². The van der Waals surface area contributed by atoms with Crippen molar-refractivity contribution in [2.75, 3.05) is 207 Å². The van der Waals surface area contributed by atoms with Gasteiger partial charge in [0.05, 0.1) is 168 Å². The number of amides is 11. The van der Waals surface area contributed by atoms with Crippen molar-refractivity contribution in [3.05, 3.63) is 35.9 Å². The molecule has 11 atom stereocenters. The lowest BCUT2D eigenvalue weighted by Gasteiger charge is -2.41. The van der Waals surface area contributed by atoms with Crippen LogP contribution in [0.5, 0.6) is 0 Å². The zero-order valence-electron chi connectivity index (χ0n) is 74.5. The molecular formula is C83H146N12O25. The highest BCUT2D eigenvalue weighted by Crippen LogP contribution is 2.30. The minimum Gasteiger partial charge on any atom is -0.464 e. The lowest BCUT2D eigenvalue weighted by atomic mass is 9.89. The fraction of sp³-hybridized carbons (Fsp3) is 0.783. The Kier molecular flexibility index (Phi) is 57.0. The first kappa shape index (κ1) is 108. The van der Waals surface area contributed by atoms with Crippen molar-refractivity contribution < 1.29 is 119 Å². The normalized spacial score (nSPS) is 15.4. The number of hydrogen-bond acceptors (Lipinski definition) is 26. The molecule has 1 heterocycles. The van der Waals surface area contributed by atoms with Crippen LogP contribution < -0.4 is 47.9 Å². The fourth-order valence-electron chi connectivity index (χ4n) is 12.9. The van der Waals surface area contributed by atoms with E-state index in [1.165, 1.54) is 21.1 Å². The van der Waals surface area contributed by atoms with E-state index in [1.807, 2.05) is 112 Å². The number of carbonyl (C=O) groups excluding carboxylic acids is 12. The van der Waals surface area contributed by atoms with E-state index < -0.39 is 121 Å². The molecule has 0 aliphatic carbocycles. The van der Waals surface area contributed by atoms with Crippen molar-refractivity contribution in [2.45, 2.75) is 188 Å². The minimum absolute atomic E-state index is 0.00690. The molecule has 0 saturated carbocycles. The predicted octanol–water partition coefficient (Wildman–Crippen LogP) is 1.47. The summed E-state index contributed by atoms with van der Waals surface area (Å²) in [5, 5.41) is 23.7. The number of likely N-dealkylation sites (N-methyl/N-ethyl adjacent to an activating group) is 2. The number of benzene rings is 1. The van der Waals surface area contributed by atoms with Gasteiger partial charge in [0.2, 0.25) is 59.1 Å². The lowest BCUT2D eigenvalue weighted by molar-refractivity contribution is -0.148. The van der Waals surface area contributed by atoms with Crippen molar-refractivity contribution in [2.24, 2.45) is 29.1 Å². The molecule has 2 rings (SSSR count). The number of carbonyl (C=O) groups is 12. The number of rotatable bonds is 67. The second-order valence-electron chi connectivity index (χ2n) is 31.5. The molecular weight excluding hydrogens is 1560 g/mol. The van der Waals surface area contributed by atoms with Crippen LogP contribution in [-0.2, 0) is 121 Å². The van der Waals surface area contributed by atoms with Crippen LogP contribution in [-0.4, -0.2) is 348 Å². The van der Waals surface area contributed by atoms with Gasteiger partial charge in [-0.05, 0) is 69.0 Å². The van der Waals surface area contributed by atoms with E-state index in [0.717, 1.165) is 5.56 Å². The van der Waals surface area contributed by atoms with Gasteiger partial charge in [-0.25, -0.2) is 9.59 Å². The molecule has 11 amide bonds. The van der Waals surface area contributed by atoms with E-state index >= 15 is 0 Å². The average molecular weight is 1710 g/mol. The maximum absolute atomic E-state index is 14.6. The number of esters is 1. The maximum Gasteiger partial charge on any atom is 0.407 e. The molecule has 1 aliphatic heterocycles. The molecule has 0 spiro atoms. The lowest BCUT2D eigenvalue weighted by Crippen LogP contribution is -2.59. The molecule has 688 valence electrons. The number of ether oxygens (including phenoxy) is 13. The summed E-state index contributed by atoms with van der Waals surface area (Å²) in [6.07, 6.45) is -0.965. The summed E-state index contributed by atoms with van der Waals surface area (Å²) in [7, 11) is 9.95. The van der Waals surface area contributed by atoms with Crippen LogP contribution in [0.15, 0.2) is 30.3 Å². The Morgan fingerprint density at radius 3 is 1.62 bits per heavy atom. The smallest absolute Gasteiger partial charge is 0.407 e. The van der Waals surface area contributed by atoms with Crippen molar-refractivity contribution in [3.63, 3.8) is 0 Å². The fourth-order valence-corrected chi connectivity index (χ4v) is 12.9. The first-order valence-electron chi connectivity index (χ1n) is 42.0. The van der Waals surface area contributed by atoms with Crippen molar-refractivity contribution >= 4 is 71.1 Å². The van der Waals surface area contributed by atoms with Crippen molar-refractivity contribution in [1.82, 2.24) is 62.6 Å². The van der Waals surface area contributed by atoms with Gasteiger partial charge in [0.25, 0.3) is 0 Å². The van der Waals surface area contributed by atoms with Gasteiger partial charge in [-0.2, -0.15) is 0 Å². The monoisotopic (exact) mass is 1710 g/mol. The molecule has 9 N–H and O–H groups in total. The Bertz CT molecular complexity index is 3110. The highest BCUT2D eigenvalue weighted by atomic mass is 16.6. The van der Waals surface area contributed by atoms with Crippen LogP contribution in [0.2, 0.25) is 0 Å². The molecule has 120 heavy (non-hydrogen) atoms. The summed E-state index contributed by atoms with van der Waals surface area (Å²) >= 11 is 0. The number of hydrogen-bond donors (Lipinski definition) is 9. The van der Waals surface area contributed by atoms with Crippen LogP contribution >= 0.6 is 0 Å². The Morgan fingerprint density at radius 2 is 1.07 bits per heavy atom. The largest absolute Gasteiger partial charge is 0.464 e. The molecule has 1 saturated heterocycles. The van der Waals surface area contributed by atoms with E-state index in [0.29, 0.717) is 112 Å². The van der Waals surface area contributed by atoms with Gasteiger partial charge in [0.1, 0.15) is 30.8 Å². The Balaban J connectivity index is 1.94. The second-order valence-corrected chi connectivity index (χ2v) is 31.5. The molecule has 1 aromatic rings. The Hall–Kier alpha value is -7.82. The number of methoxy groups -OCH3 is 3. The molecule has 0 aromatic heterocycles. The molecule has 1 fully saturated rings. The van der Waals surface area contributed by atoms with Crippen molar-refractivity contribution in [3.8, 4) is 0 Å². The van der Waals surface area contributed by atoms with Gasteiger partial charge in [0.15, 0.2) is 0 Å². The predicted molar refractivity (Wildman–Crippen MR) is 446 cm³/mol. The van der Waals surface area contributed by atoms with E-state index in [2.05, 4.69) is 47.9 Å². The van der Waals surface area contributed by atoms with Crippen LogP contribution in [0, 0.1) is 29.1 Å². The van der Waals surface area contributed by atoms with Crippen LogP contribution in [0.25, 0.3) is 0 Å². The average Bonchev–Trinajstić information content (AvgIpc) is 1.61. The van der Waals surface area contributed by atoms with Crippen LogP contribution in [0.3, 0.4) is 0 Å². The Labute approximate surface area is 710 Å². The van der Waals surface area contributed by atoms with Crippen LogP contribution in [0.1, 0.15) is 133 Å². The SMILES string of the molecule is CC[C@H](C)[C@@H]([C@@H](CC(=O)N1CCC[C@H]1[C@H](OC)[C@@H](C)C(=O)N[C@@H](Cc1ccccc1)C(=O)NCCCOC(=O)C(C)NC(=O)CCNC(=O)OCC(NC(=O)CNC(=O)CCNC(=O)CCOCC(C)(C)C)C(=O)NCCOCCOCCOCCOCCOCCOCCOCCOC)OC)N(C)C(=O)[C@@H](NC(=O)[C@H](C(C)C)N(C)C)C(C)C. The molecule has 1 aliphatic rings. The summed E-state index contributed by atoms with van der Waals surface area (Å²) in [5.74, 6) is -6.95. The number of alkyl carbamates (subject to hydrolysis) is 1. The highest BCUT2D eigenvalue weighted by Gasteiger charge is 2.44. The zero-order valence-corrected chi connectivity index (χ0v) is 74.5. The van der Waals surface area contributed by atoms with Crippen molar-refractivity contribution in [1.29, 1.82) is 0 Å². The summed E-state index contributed by atoms with van der Waals surface area (Å²) in [4.78, 5) is 166. The molecule has 0 bridgehead atoms. The molecule has 0 radical (unpaired) electrons. The van der Waals surface area contributed by atoms with Gasteiger partial charge in [-0.3, -0.25) is 52.8 Å². The maximum atomic E-state index is 14.6. The minimum atomic E-state index is -1.46. The van der Waals surface area contributed by atoms with Gasteiger partial charge >= 0.3 is 12.1 Å². The first-order chi connectivity index (χ1) is 57.2. The second kappa shape index (κ2) is 63.2. The first-order valence-corrected chi connectivity index (χ1v) is 42.0. The van der Waals surface area contributed by atoms with Gasteiger partial charge in [0, 0.05) is 86.8 Å². The third-order valence-electron chi connectivity index (χ3n) is 19.4. The molecule has 2 unspecified atom stereocenters. The van der Waals surface area contributed by atoms with Crippen LogP contribution in [0.4, 0.5) is 4.79 Å². The van der Waals surface area contributed by atoms with E-state index in [4.69, 9.17) is 61.6 Å². The number of likely N-dealkylation sites (tertiary alicyclic amines) is 1. The van der Waals surface area contributed by atoms with Gasteiger partial charge < -0.3 is 119 Å². The van der Waals surface area contributed by atoms with E-state index in [9.17, 15) is 57.5 Å². The Morgan fingerprint density at radius 1 is 0.525 bits per heavy atom. The molecule has 1 aromatic carbocycles. The quantitative estimate of drug-likeness (QED) is 0.0329. The summed E-state index contributed by atoms with van der Waals surface area (Å²) in [6, 6.07) is 3.05. The van der Waals surface area contributed by atoms with Gasteiger partial charge in [-0.15, -0.1) is 0 Å². The zero-order chi connectivity index (χ0) is 89.4. The highest BCUT2D eigenvalue weighted by molar-refractivity contribution is 5.92. The standard InChI is InChI=1S/C83H146N12O25/c1-18-59(6)74(94(14)80(105)72(57(2)3)92-79(104)73(58(4)5)93(12)13)66(109-16)53-71(100)95-34-22-26-65(95)75(110-17)60(7)76(101)91-63(52-62-24-20-19-21-25-62)77(102)85-30-23-35-119-81(106)61(8)89-69(98)28-32-87-82(107)120-55-64(90-70(99)54-88-67(96)27-31-84-68(97)29-36-118-56-83(9,10)11)78(103)86-33-37-111-40-41-113-44-45-115-48-49-117-51-50-116-47-46-114-43-42-112-39-38-108-15/h19-21,24-25,57-61,63-66,72-75H,18,22-23,26-56H2,1-17H3,(H,84,97)(H,85,102)(H,86,103)(H,87,107)(H,88,96)(H,89,98)(H,90,99)(H,91,101)(H,92,104)/t59-,60+,61?,63-,64?,65-,66+,72-,73-,74-,75+/m0/s1. The molecule has 37 heteroatoms. The summed E-state index contributed by atoms with van der Waals surface area (Å²) < 4.78 is 71.6. The third-order valence-corrected chi connectivity index (χ3v) is 19.4. The molecule has 37 nitrogen and oxygen atoms in total.